The highest BCUT2D eigenvalue weighted by atomic mass is 16.2. The molecule has 3 heterocycles. The molecule has 1 aromatic carbocycles. The fourth-order valence-electron chi connectivity index (χ4n) is 3.24. The number of quaternary nitrogens is 1. The van der Waals surface area contributed by atoms with Gasteiger partial charge in [-0.05, 0) is 12.5 Å². The molecule has 1 N–H and O–H groups in total. The number of aryl methyl sites for hydroxylation is 1. The summed E-state index contributed by atoms with van der Waals surface area (Å²) >= 11 is 0. The molecule has 4 heteroatoms. The first-order valence-corrected chi connectivity index (χ1v) is 7.55. The number of amides is 1. The van der Waals surface area contributed by atoms with Crippen molar-refractivity contribution in [2.75, 3.05) is 45.8 Å². The highest BCUT2D eigenvalue weighted by Gasteiger charge is 2.39. The first-order chi connectivity index (χ1) is 9.65. The first-order valence-electron chi connectivity index (χ1n) is 7.55. The number of piperazine rings is 3. The predicted molar refractivity (Wildman–Crippen MR) is 79.2 cm³/mol. The van der Waals surface area contributed by atoms with Crippen molar-refractivity contribution < 1.29 is 9.28 Å². The maximum Gasteiger partial charge on any atom is 0.275 e. The van der Waals surface area contributed by atoms with Gasteiger partial charge < -0.3 is 9.80 Å². The minimum atomic E-state index is 0.195. The van der Waals surface area contributed by atoms with Crippen LogP contribution in [0.15, 0.2) is 24.3 Å². The molecule has 3 saturated heterocycles. The van der Waals surface area contributed by atoms with Crippen LogP contribution in [0.2, 0.25) is 0 Å². The lowest BCUT2D eigenvalue weighted by Gasteiger charge is -2.50. The van der Waals surface area contributed by atoms with Gasteiger partial charge in [0.25, 0.3) is 5.91 Å². The molecule has 4 rings (SSSR count). The van der Waals surface area contributed by atoms with Crippen LogP contribution in [0.5, 0.6) is 0 Å². The van der Waals surface area contributed by atoms with Crippen LogP contribution in [0, 0.1) is 6.92 Å². The lowest BCUT2D eigenvalue weighted by atomic mass is 10.1. The van der Waals surface area contributed by atoms with E-state index in [1.807, 2.05) is 0 Å². The smallest absolute Gasteiger partial charge is 0.275 e. The standard InChI is InChI=1S/C16H23N3O/c1-14-2-4-15(5-3-14)12-17-16(20)13-19-9-6-18(7-10-19)8-11-19/h2-5H,6-13H2,1H3/p+1. The maximum absolute atomic E-state index is 12.2. The van der Waals surface area contributed by atoms with Gasteiger partial charge in [-0.25, -0.2) is 0 Å². The number of hydrogen-bond donors (Lipinski definition) is 1. The van der Waals surface area contributed by atoms with Gasteiger partial charge in [0.2, 0.25) is 0 Å². The summed E-state index contributed by atoms with van der Waals surface area (Å²) in [6, 6.07) is 8.35. The van der Waals surface area contributed by atoms with Crippen LogP contribution in [-0.2, 0) is 11.3 Å². The number of carbonyl (C=O) groups is 1. The van der Waals surface area contributed by atoms with Gasteiger partial charge in [-0.15, -0.1) is 0 Å². The Morgan fingerprint density at radius 2 is 1.75 bits per heavy atom. The zero-order valence-corrected chi connectivity index (χ0v) is 12.3. The number of fused-ring (bicyclic) bond motifs is 3. The van der Waals surface area contributed by atoms with Crippen LogP contribution in [0.4, 0.5) is 0 Å². The van der Waals surface area contributed by atoms with E-state index >= 15 is 0 Å². The zero-order valence-electron chi connectivity index (χ0n) is 12.3. The Morgan fingerprint density at radius 1 is 1.15 bits per heavy atom. The van der Waals surface area contributed by atoms with Gasteiger partial charge in [-0.2, -0.15) is 0 Å². The Morgan fingerprint density at radius 3 is 2.35 bits per heavy atom. The molecule has 4 nitrogen and oxygen atoms in total. The van der Waals surface area contributed by atoms with E-state index in [2.05, 4.69) is 41.4 Å². The molecule has 0 unspecified atom stereocenters. The van der Waals surface area contributed by atoms with Gasteiger partial charge in [0.15, 0.2) is 6.54 Å². The molecule has 2 bridgehead atoms. The van der Waals surface area contributed by atoms with Crippen LogP contribution in [0.3, 0.4) is 0 Å². The number of rotatable bonds is 4. The monoisotopic (exact) mass is 274 g/mol. The van der Waals surface area contributed by atoms with E-state index in [4.69, 9.17) is 0 Å². The largest absolute Gasteiger partial charge is 0.347 e. The molecule has 20 heavy (non-hydrogen) atoms. The quantitative estimate of drug-likeness (QED) is 0.822. The molecule has 3 aliphatic heterocycles. The Balaban J connectivity index is 1.51. The summed E-state index contributed by atoms with van der Waals surface area (Å²) in [5.41, 5.74) is 2.43. The Bertz CT molecular complexity index is 461. The molecule has 108 valence electrons. The van der Waals surface area contributed by atoms with Crippen molar-refractivity contribution >= 4 is 5.91 Å². The fraction of sp³-hybridized carbons (Fsp3) is 0.562. The van der Waals surface area contributed by atoms with E-state index in [1.54, 1.807) is 0 Å². The SMILES string of the molecule is Cc1ccc(CNC(=O)C[N+]23CCN(CC2)CC3)cc1. The van der Waals surface area contributed by atoms with Gasteiger partial charge in [0.05, 0.1) is 19.6 Å². The normalized spacial score (nSPS) is 28.4. The van der Waals surface area contributed by atoms with Crippen molar-refractivity contribution in [1.82, 2.24) is 10.2 Å². The van der Waals surface area contributed by atoms with E-state index in [0.717, 1.165) is 43.8 Å². The van der Waals surface area contributed by atoms with Crippen LogP contribution in [0.1, 0.15) is 11.1 Å². The summed E-state index contributed by atoms with van der Waals surface area (Å²) in [5, 5.41) is 3.07. The number of nitrogens with one attached hydrogen (secondary N) is 1. The van der Waals surface area contributed by atoms with Crippen molar-refractivity contribution in [1.29, 1.82) is 0 Å². The van der Waals surface area contributed by atoms with Crippen molar-refractivity contribution in [3.05, 3.63) is 35.4 Å². The topological polar surface area (TPSA) is 32.3 Å². The second-order valence-electron chi connectivity index (χ2n) is 6.27. The number of benzene rings is 1. The van der Waals surface area contributed by atoms with Crippen LogP contribution >= 0.6 is 0 Å². The minimum absolute atomic E-state index is 0.195. The van der Waals surface area contributed by atoms with Crippen molar-refractivity contribution in [3.63, 3.8) is 0 Å². The Labute approximate surface area is 121 Å². The summed E-state index contributed by atoms with van der Waals surface area (Å²) in [5.74, 6) is 0.195. The van der Waals surface area contributed by atoms with Crippen molar-refractivity contribution in [2.24, 2.45) is 0 Å². The molecule has 0 aromatic heterocycles. The van der Waals surface area contributed by atoms with E-state index in [0.29, 0.717) is 13.1 Å². The second kappa shape index (κ2) is 5.54. The zero-order chi connectivity index (χ0) is 14.0. The second-order valence-corrected chi connectivity index (χ2v) is 6.27. The molecule has 0 spiro atoms. The van der Waals surface area contributed by atoms with E-state index < -0.39 is 0 Å². The molecular formula is C16H24N3O+. The number of carbonyl (C=O) groups excluding carboxylic acids is 1. The number of nitrogens with zero attached hydrogens (tertiary/aromatic N) is 2. The van der Waals surface area contributed by atoms with E-state index in [-0.39, 0.29) is 5.91 Å². The molecular weight excluding hydrogens is 250 g/mol. The predicted octanol–water partition coefficient (Wildman–Crippen LogP) is 0.757. The fourth-order valence-corrected chi connectivity index (χ4v) is 3.24. The average molecular weight is 274 g/mol. The van der Waals surface area contributed by atoms with E-state index in [9.17, 15) is 4.79 Å². The van der Waals surface area contributed by atoms with E-state index in [1.165, 1.54) is 11.1 Å². The molecule has 0 saturated carbocycles. The summed E-state index contributed by atoms with van der Waals surface area (Å²) in [6.45, 7) is 10.3. The summed E-state index contributed by atoms with van der Waals surface area (Å²) < 4.78 is 0.996. The van der Waals surface area contributed by atoms with Crippen molar-refractivity contribution in [3.8, 4) is 0 Å². The van der Waals surface area contributed by atoms with Gasteiger partial charge in [-0.1, -0.05) is 29.8 Å². The maximum atomic E-state index is 12.2. The first kappa shape index (κ1) is 13.6. The van der Waals surface area contributed by atoms with Crippen LogP contribution in [0.25, 0.3) is 0 Å². The Hall–Kier alpha value is -1.39. The molecule has 1 aromatic rings. The minimum Gasteiger partial charge on any atom is -0.347 e. The third kappa shape index (κ3) is 3.02. The number of hydrogen-bond acceptors (Lipinski definition) is 2. The highest BCUT2D eigenvalue weighted by Crippen LogP contribution is 2.18. The molecule has 3 fully saturated rings. The van der Waals surface area contributed by atoms with Gasteiger partial charge in [0.1, 0.15) is 0 Å². The van der Waals surface area contributed by atoms with Crippen molar-refractivity contribution in [2.45, 2.75) is 13.5 Å². The molecule has 0 radical (unpaired) electrons. The third-order valence-corrected chi connectivity index (χ3v) is 4.76. The summed E-state index contributed by atoms with van der Waals surface area (Å²) in [7, 11) is 0. The van der Waals surface area contributed by atoms with Crippen LogP contribution in [-0.4, -0.2) is 61.1 Å². The molecule has 1 amide bonds. The third-order valence-electron chi connectivity index (χ3n) is 4.76. The highest BCUT2D eigenvalue weighted by molar-refractivity contribution is 5.77. The lowest BCUT2D eigenvalue weighted by Crippen LogP contribution is -2.69. The van der Waals surface area contributed by atoms with Gasteiger partial charge >= 0.3 is 0 Å². The lowest BCUT2D eigenvalue weighted by molar-refractivity contribution is -0.933. The average Bonchev–Trinajstić information content (AvgIpc) is 2.48. The summed E-state index contributed by atoms with van der Waals surface area (Å²) in [6.07, 6.45) is 0. The van der Waals surface area contributed by atoms with Gasteiger partial charge in [0, 0.05) is 26.2 Å². The van der Waals surface area contributed by atoms with Crippen LogP contribution < -0.4 is 5.32 Å². The summed E-state index contributed by atoms with van der Waals surface area (Å²) in [4.78, 5) is 14.7. The molecule has 3 aliphatic rings. The Kier molecular flexibility index (Phi) is 3.76. The molecule has 0 aliphatic carbocycles. The van der Waals surface area contributed by atoms with Gasteiger partial charge in [-0.3, -0.25) is 9.69 Å². The molecule has 0 atom stereocenters.